The van der Waals surface area contributed by atoms with Gasteiger partial charge < -0.3 is 4.90 Å². The van der Waals surface area contributed by atoms with Gasteiger partial charge in [0.1, 0.15) is 12.1 Å². The molecule has 0 aromatic heterocycles. The third-order valence-corrected chi connectivity index (χ3v) is 3.27. The second-order valence-electron chi connectivity index (χ2n) is 5.10. The van der Waals surface area contributed by atoms with E-state index < -0.39 is 17.4 Å². The van der Waals surface area contributed by atoms with Gasteiger partial charge in [-0.1, -0.05) is 30.3 Å². The molecule has 5 heteroatoms. The highest BCUT2D eigenvalue weighted by Gasteiger charge is 2.42. The summed E-state index contributed by atoms with van der Waals surface area (Å²) in [5.41, 5.74) is -0.155. The van der Waals surface area contributed by atoms with Crippen LogP contribution in [0, 0.1) is 0 Å². The van der Waals surface area contributed by atoms with Gasteiger partial charge in [-0.2, -0.15) is 0 Å². The Kier molecular flexibility index (Phi) is 3.70. The topological polar surface area (TPSA) is 66.5 Å². The van der Waals surface area contributed by atoms with Crippen molar-refractivity contribution in [3.63, 3.8) is 0 Å². The molecule has 1 aromatic carbocycles. The number of nitrogens with one attached hydrogen (secondary N) is 1. The van der Waals surface area contributed by atoms with Gasteiger partial charge in [0, 0.05) is 6.08 Å². The summed E-state index contributed by atoms with van der Waals surface area (Å²) in [5.74, 6) is -1.28. The number of nitrogens with zero attached hydrogens (tertiary/aromatic N) is 1. The first-order valence-electron chi connectivity index (χ1n) is 6.30. The second kappa shape index (κ2) is 5.28. The first-order valence-corrected chi connectivity index (χ1v) is 6.30. The molecule has 1 saturated heterocycles. The number of carbonyl (C=O) groups is 3. The van der Waals surface area contributed by atoms with Gasteiger partial charge >= 0.3 is 0 Å². The molecule has 0 unspecified atom stereocenters. The van der Waals surface area contributed by atoms with E-state index in [9.17, 15) is 14.4 Å². The highest BCUT2D eigenvalue weighted by molar-refractivity contribution is 6.08. The summed E-state index contributed by atoms with van der Waals surface area (Å²) < 4.78 is 0. The van der Waals surface area contributed by atoms with Gasteiger partial charge in [-0.05, 0) is 25.5 Å². The van der Waals surface area contributed by atoms with Crippen LogP contribution in [0.15, 0.2) is 36.4 Å². The van der Waals surface area contributed by atoms with Crippen molar-refractivity contribution in [3.8, 4) is 0 Å². The SMILES string of the molecule is CC1(C)C(=O)NC(=O)CN1C(=O)C=Cc1ccccc1. The maximum atomic E-state index is 12.2. The largest absolute Gasteiger partial charge is 0.316 e. The number of imide groups is 1. The third kappa shape index (κ3) is 2.77. The van der Waals surface area contributed by atoms with E-state index in [1.54, 1.807) is 19.9 Å². The first kappa shape index (κ1) is 14.0. The van der Waals surface area contributed by atoms with Crippen LogP contribution in [-0.2, 0) is 14.4 Å². The van der Waals surface area contributed by atoms with E-state index in [2.05, 4.69) is 5.32 Å². The van der Waals surface area contributed by atoms with Crippen molar-refractivity contribution in [2.75, 3.05) is 6.54 Å². The van der Waals surface area contributed by atoms with E-state index in [-0.39, 0.29) is 12.5 Å². The van der Waals surface area contributed by atoms with E-state index >= 15 is 0 Å². The smallest absolute Gasteiger partial charge is 0.252 e. The molecule has 2 rings (SSSR count). The molecule has 104 valence electrons. The van der Waals surface area contributed by atoms with Crippen LogP contribution < -0.4 is 5.32 Å². The molecule has 1 heterocycles. The lowest BCUT2D eigenvalue weighted by molar-refractivity contribution is -0.153. The van der Waals surface area contributed by atoms with Crippen LogP contribution in [0.5, 0.6) is 0 Å². The highest BCUT2D eigenvalue weighted by atomic mass is 16.2. The van der Waals surface area contributed by atoms with Gasteiger partial charge in [-0.3, -0.25) is 19.7 Å². The molecular formula is C15H16N2O3. The van der Waals surface area contributed by atoms with Gasteiger partial charge in [0.05, 0.1) is 0 Å². The molecule has 1 aliphatic rings. The van der Waals surface area contributed by atoms with Gasteiger partial charge in [0.2, 0.25) is 11.8 Å². The van der Waals surface area contributed by atoms with Crippen molar-refractivity contribution in [1.29, 1.82) is 0 Å². The van der Waals surface area contributed by atoms with Gasteiger partial charge in [0.25, 0.3) is 5.91 Å². The summed E-state index contributed by atoms with van der Waals surface area (Å²) in [7, 11) is 0. The minimum atomic E-state index is -1.04. The Morgan fingerprint density at radius 2 is 1.90 bits per heavy atom. The molecule has 0 bridgehead atoms. The lowest BCUT2D eigenvalue weighted by atomic mass is 9.98. The van der Waals surface area contributed by atoms with Gasteiger partial charge in [-0.15, -0.1) is 0 Å². The lowest BCUT2D eigenvalue weighted by Gasteiger charge is -2.39. The molecule has 0 radical (unpaired) electrons. The zero-order valence-electron chi connectivity index (χ0n) is 11.4. The van der Waals surface area contributed by atoms with Crippen molar-refractivity contribution in [3.05, 3.63) is 42.0 Å². The Labute approximate surface area is 117 Å². The summed E-state index contributed by atoms with van der Waals surface area (Å²) in [6.45, 7) is 3.11. The monoisotopic (exact) mass is 272 g/mol. The second-order valence-corrected chi connectivity index (χ2v) is 5.10. The molecule has 0 atom stereocenters. The molecule has 20 heavy (non-hydrogen) atoms. The van der Waals surface area contributed by atoms with E-state index in [0.29, 0.717) is 0 Å². The van der Waals surface area contributed by atoms with Gasteiger partial charge in [-0.25, -0.2) is 0 Å². The van der Waals surface area contributed by atoms with E-state index in [4.69, 9.17) is 0 Å². The molecule has 3 amide bonds. The number of amides is 3. The molecule has 1 fully saturated rings. The minimum absolute atomic E-state index is 0.114. The third-order valence-electron chi connectivity index (χ3n) is 3.27. The average Bonchev–Trinajstić information content (AvgIpc) is 2.41. The molecule has 0 spiro atoms. The fraction of sp³-hybridized carbons (Fsp3) is 0.267. The molecule has 5 nitrogen and oxygen atoms in total. The van der Waals surface area contributed by atoms with Crippen molar-refractivity contribution in [2.45, 2.75) is 19.4 Å². The molecule has 1 aliphatic heterocycles. The van der Waals surface area contributed by atoms with E-state index in [1.807, 2.05) is 30.3 Å². The molecule has 1 aromatic rings. The Hall–Kier alpha value is -2.43. The van der Waals surface area contributed by atoms with E-state index in [0.717, 1.165) is 5.56 Å². The summed E-state index contributed by atoms with van der Waals surface area (Å²) in [6, 6.07) is 9.35. The normalized spacial score (nSPS) is 18.2. The summed E-state index contributed by atoms with van der Waals surface area (Å²) >= 11 is 0. The van der Waals surface area contributed by atoms with Crippen molar-refractivity contribution < 1.29 is 14.4 Å². The number of benzene rings is 1. The highest BCUT2D eigenvalue weighted by Crippen LogP contribution is 2.18. The first-order chi connectivity index (χ1) is 9.41. The van der Waals surface area contributed by atoms with Crippen molar-refractivity contribution in [2.24, 2.45) is 0 Å². The fourth-order valence-corrected chi connectivity index (χ4v) is 1.96. The number of carbonyl (C=O) groups excluding carboxylic acids is 3. The van der Waals surface area contributed by atoms with Crippen molar-refractivity contribution in [1.82, 2.24) is 10.2 Å². The Morgan fingerprint density at radius 1 is 1.25 bits per heavy atom. The predicted octanol–water partition coefficient (Wildman–Crippen LogP) is 0.963. The number of rotatable bonds is 2. The van der Waals surface area contributed by atoms with Crippen LogP contribution in [0.2, 0.25) is 0 Å². The number of piperazine rings is 1. The Balaban J connectivity index is 2.17. The van der Waals surface area contributed by atoms with Crippen LogP contribution in [0.4, 0.5) is 0 Å². The van der Waals surface area contributed by atoms with Crippen LogP contribution >= 0.6 is 0 Å². The molecular weight excluding hydrogens is 256 g/mol. The quantitative estimate of drug-likeness (QED) is 0.644. The van der Waals surface area contributed by atoms with Crippen LogP contribution in [0.3, 0.4) is 0 Å². The zero-order valence-corrected chi connectivity index (χ0v) is 11.4. The Bertz CT molecular complexity index is 576. The Morgan fingerprint density at radius 3 is 2.55 bits per heavy atom. The molecule has 1 N–H and O–H groups in total. The maximum absolute atomic E-state index is 12.2. The van der Waals surface area contributed by atoms with Crippen LogP contribution in [0.25, 0.3) is 6.08 Å². The van der Waals surface area contributed by atoms with Gasteiger partial charge in [0.15, 0.2) is 0 Å². The lowest BCUT2D eigenvalue weighted by Crippen LogP contribution is -2.65. The van der Waals surface area contributed by atoms with Crippen LogP contribution in [-0.4, -0.2) is 34.7 Å². The van der Waals surface area contributed by atoms with Crippen LogP contribution in [0.1, 0.15) is 19.4 Å². The van der Waals surface area contributed by atoms with Crippen molar-refractivity contribution >= 4 is 23.8 Å². The number of hydrogen-bond donors (Lipinski definition) is 1. The predicted molar refractivity (Wildman–Crippen MR) is 74.4 cm³/mol. The maximum Gasteiger partial charge on any atom is 0.252 e. The summed E-state index contributed by atoms with van der Waals surface area (Å²) in [4.78, 5) is 36.6. The minimum Gasteiger partial charge on any atom is -0.316 e. The zero-order chi connectivity index (χ0) is 14.8. The van der Waals surface area contributed by atoms with E-state index in [1.165, 1.54) is 11.0 Å². The molecule has 0 aliphatic carbocycles. The number of hydrogen-bond acceptors (Lipinski definition) is 3. The fourth-order valence-electron chi connectivity index (χ4n) is 1.96. The average molecular weight is 272 g/mol. The molecule has 0 saturated carbocycles. The summed E-state index contributed by atoms with van der Waals surface area (Å²) in [6.07, 6.45) is 3.04. The summed E-state index contributed by atoms with van der Waals surface area (Å²) in [5, 5.41) is 2.23. The standard InChI is InChI=1S/C15H16N2O3/c1-15(2)14(20)16-12(18)10-17(15)13(19)9-8-11-6-4-3-5-7-11/h3-9H,10H2,1-2H3,(H,16,18,20).